The Balaban J connectivity index is 1.13. The summed E-state index contributed by atoms with van der Waals surface area (Å²) < 4.78 is 2.39. The monoisotopic (exact) mass is 611 g/mol. The number of aromatic nitrogens is 1. The summed E-state index contributed by atoms with van der Waals surface area (Å²) in [5.41, 5.74) is 12.4. The van der Waals surface area contributed by atoms with Crippen LogP contribution in [0, 0.1) is 0 Å². The first-order valence-corrected chi connectivity index (χ1v) is 16.6. The van der Waals surface area contributed by atoms with Gasteiger partial charge in [-0.05, 0) is 74.0 Å². The van der Waals surface area contributed by atoms with Crippen molar-refractivity contribution < 1.29 is 0 Å². The van der Waals surface area contributed by atoms with E-state index in [4.69, 9.17) is 0 Å². The normalized spacial score (nSPS) is 12.1. The van der Waals surface area contributed by atoms with Crippen molar-refractivity contribution in [1.29, 1.82) is 0 Å². The lowest BCUT2D eigenvalue weighted by molar-refractivity contribution is 0.990. The Hall–Kier alpha value is -6.18. The molecular formula is C47H33N. The lowest BCUT2D eigenvalue weighted by Gasteiger charge is -2.22. The van der Waals surface area contributed by atoms with Crippen LogP contribution in [0.3, 0.4) is 0 Å². The summed E-state index contributed by atoms with van der Waals surface area (Å²) in [6, 6.07) is 70.7. The molecule has 0 fully saturated rings. The van der Waals surface area contributed by atoms with E-state index in [2.05, 4.69) is 199 Å². The van der Waals surface area contributed by atoms with Gasteiger partial charge in [0.15, 0.2) is 0 Å². The number of benzene rings is 8. The van der Waals surface area contributed by atoms with E-state index in [9.17, 15) is 0 Å². The predicted molar refractivity (Wildman–Crippen MR) is 203 cm³/mol. The second-order valence-corrected chi connectivity index (χ2v) is 12.5. The number of hydrogen-bond acceptors (Lipinski definition) is 0. The largest absolute Gasteiger partial charge is 0.309 e. The molecule has 1 aromatic heterocycles. The first kappa shape index (κ1) is 28.1. The topological polar surface area (TPSA) is 4.93 Å². The van der Waals surface area contributed by atoms with Crippen LogP contribution < -0.4 is 0 Å². The summed E-state index contributed by atoms with van der Waals surface area (Å²) in [7, 11) is 0. The molecule has 1 heteroatoms. The summed E-state index contributed by atoms with van der Waals surface area (Å²) >= 11 is 0. The number of hydrogen-bond donors (Lipinski definition) is 0. The number of rotatable bonds is 6. The Morgan fingerprint density at radius 1 is 0.333 bits per heavy atom. The van der Waals surface area contributed by atoms with Crippen molar-refractivity contribution in [2.24, 2.45) is 0 Å². The SMILES string of the molecule is c1ccc(-c2ccc(C(c3ccc(-c4cccc(-n5c6ccccc6c6ccccc65)c4)cc3)c3cccc4ccccc34)cc2)cc1. The van der Waals surface area contributed by atoms with Gasteiger partial charge in [-0.25, -0.2) is 0 Å². The van der Waals surface area contributed by atoms with Crippen molar-refractivity contribution in [2.45, 2.75) is 5.92 Å². The van der Waals surface area contributed by atoms with Crippen molar-refractivity contribution >= 4 is 32.6 Å². The van der Waals surface area contributed by atoms with E-state index in [1.54, 1.807) is 0 Å². The van der Waals surface area contributed by atoms with Gasteiger partial charge in [-0.1, -0.05) is 170 Å². The first-order valence-electron chi connectivity index (χ1n) is 16.6. The highest BCUT2D eigenvalue weighted by molar-refractivity contribution is 6.09. The zero-order chi connectivity index (χ0) is 31.9. The Labute approximate surface area is 281 Å². The highest BCUT2D eigenvalue weighted by atomic mass is 15.0. The highest BCUT2D eigenvalue weighted by Gasteiger charge is 2.20. The van der Waals surface area contributed by atoms with Gasteiger partial charge in [0.05, 0.1) is 11.0 Å². The Morgan fingerprint density at radius 2 is 0.812 bits per heavy atom. The van der Waals surface area contributed by atoms with Crippen LogP contribution in [-0.2, 0) is 0 Å². The van der Waals surface area contributed by atoms with Crippen LogP contribution in [0.2, 0.25) is 0 Å². The fourth-order valence-electron chi connectivity index (χ4n) is 7.45. The van der Waals surface area contributed by atoms with E-state index < -0.39 is 0 Å². The van der Waals surface area contributed by atoms with Gasteiger partial charge in [-0.2, -0.15) is 0 Å². The molecule has 0 saturated heterocycles. The van der Waals surface area contributed by atoms with Crippen molar-refractivity contribution in [3.05, 3.63) is 211 Å². The first-order chi connectivity index (χ1) is 23.8. The van der Waals surface area contributed by atoms with E-state index in [0.717, 1.165) is 0 Å². The maximum absolute atomic E-state index is 2.39. The van der Waals surface area contributed by atoms with Gasteiger partial charge >= 0.3 is 0 Å². The Bertz CT molecular complexity index is 2480. The number of fused-ring (bicyclic) bond motifs is 4. The summed E-state index contributed by atoms with van der Waals surface area (Å²) in [5, 5.41) is 5.11. The third-order valence-electron chi connectivity index (χ3n) is 9.75. The molecule has 0 aliphatic heterocycles. The minimum absolute atomic E-state index is 0.0962. The average molecular weight is 612 g/mol. The van der Waals surface area contributed by atoms with Crippen LogP contribution in [0.25, 0.3) is 60.5 Å². The van der Waals surface area contributed by atoms with E-state index in [0.29, 0.717) is 0 Å². The molecule has 8 aromatic carbocycles. The standard InChI is InChI=1S/C47H33N/c1-2-12-33(13-3-1)34-24-28-37(29-25-34)47(44-21-11-15-36-14-4-5-18-41(36)44)38-30-26-35(27-31-38)39-16-10-17-40(32-39)48-45-22-8-6-19-42(45)43-20-7-9-23-46(43)48/h1-32,47H. The van der Waals surface area contributed by atoms with E-state index in [1.165, 1.54) is 77.2 Å². The minimum atomic E-state index is 0.0962. The molecule has 9 aromatic rings. The molecule has 226 valence electrons. The van der Waals surface area contributed by atoms with Gasteiger partial charge in [0.1, 0.15) is 0 Å². The van der Waals surface area contributed by atoms with Gasteiger partial charge in [-0.15, -0.1) is 0 Å². The lowest BCUT2D eigenvalue weighted by Crippen LogP contribution is -2.04. The molecule has 0 aliphatic rings. The smallest absolute Gasteiger partial charge is 0.0541 e. The summed E-state index contributed by atoms with van der Waals surface area (Å²) in [6.45, 7) is 0. The van der Waals surface area contributed by atoms with Gasteiger partial charge in [0.2, 0.25) is 0 Å². The molecule has 1 unspecified atom stereocenters. The second kappa shape index (κ2) is 11.9. The minimum Gasteiger partial charge on any atom is -0.309 e. The van der Waals surface area contributed by atoms with Gasteiger partial charge < -0.3 is 4.57 Å². The molecular weight excluding hydrogens is 579 g/mol. The zero-order valence-corrected chi connectivity index (χ0v) is 26.5. The lowest BCUT2D eigenvalue weighted by atomic mass is 9.82. The fourth-order valence-corrected chi connectivity index (χ4v) is 7.45. The van der Waals surface area contributed by atoms with Crippen LogP contribution >= 0.6 is 0 Å². The highest BCUT2D eigenvalue weighted by Crippen LogP contribution is 2.38. The van der Waals surface area contributed by atoms with Crippen molar-refractivity contribution in [2.75, 3.05) is 0 Å². The molecule has 9 rings (SSSR count). The fraction of sp³-hybridized carbons (Fsp3) is 0.0213. The third kappa shape index (κ3) is 4.89. The molecule has 0 bridgehead atoms. The Morgan fingerprint density at radius 3 is 1.48 bits per heavy atom. The molecule has 0 saturated carbocycles. The molecule has 1 atom stereocenters. The molecule has 0 N–H and O–H groups in total. The van der Waals surface area contributed by atoms with E-state index >= 15 is 0 Å². The summed E-state index contributed by atoms with van der Waals surface area (Å²) in [6.07, 6.45) is 0. The van der Waals surface area contributed by atoms with Gasteiger partial charge in [0.25, 0.3) is 0 Å². The van der Waals surface area contributed by atoms with Crippen molar-refractivity contribution in [3.8, 4) is 27.9 Å². The average Bonchev–Trinajstić information content (AvgIpc) is 3.50. The number of para-hydroxylation sites is 2. The molecule has 1 nitrogen and oxygen atoms in total. The van der Waals surface area contributed by atoms with Crippen molar-refractivity contribution in [3.63, 3.8) is 0 Å². The van der Waals surface area contributed by atoms with Gasteiger partial charge in [0, 0.05) is 22.4 Å². The summed E-state index contributed by atoms with van der Waals surface area (Å²) in [4.78, 5) is 0. The second-order valence-electron chi connectivity index (χ2n) is 12.5. The predicted octanol–water partition coefficient (Wildman–Crippen LogP) is 12.5. The van der Waals surface area contributed by atoms with Crippen molar-refractivity contribution in [1.82, 2.24) is 4.57 Å². The Kier molecular flexibility index (Phi) is 6.95. The molecule has 1 heterocycles. The third-order valence-corrected chi connectivity index (χ3v) is 9.75. The van der Waals surface area contributed by atoms with Gasteiger partial charge in [-0.3, -0.25) is 0 Å². The van der Waals surface area contributed by atoms with Crippen LogP contribution in [0.4, 0.5) is 0 Å². The number of nitrogens with zero attached hydrogens (tertiary/aromatic N) is 1. The van der Waals surface area contributed by atoms with E-state index in [1.807, 2.05) is 0 Å². The van der Waals surface area contributed by atoms with Crippen LogP contribution in [0.5, 0.6) is 0 Å². The van der Waals surface area contributed by atoms with Crippen LogP contribution in [0.15, 0.2) is 194 Å². The zero-order valence-electron chi connectivity index (χ0n) is 26.5. The summed E-state index contributed by atoms with van der Waals surface area (Å²) in [5.74, 6) is 0.0962. The maximum Gasteiger partial charge on any atom is 0.0541 e. The molecule has 0 aliphatic carbocycles. The molecule has 48 heavy (non-hydrogen) atoms. The molecule has 0 spiro atoms. The van der Waals surface area contributed by atoms with Crippen LogP contribution in [-0.4, -0.2) is 4.57 Å². The molecule has 0 amide bonds. The van der Waals surface area contributed by atoms with Crippen LogP contribution in [0.1, 0.15) is 22.6 Å². The quantitative estimate of drug-likeness (QED) is 0.165. The molecule has 0 radical (unpaired) electrons. The van der Waals surface area contributed by atoms with E-state index in [-0.39, 0.29) is 5.92 Å². The maximum atomic E-state index is 2.39.